The number of nitrogen functional groups attached to an aromatic ring is 1. The molecule has 0 aromatic heterocycles. The molecular formula is C15H16N2O2. The van der Waals surface area contributed by atoms with E-state index in [4.69, 9.17) is 5.73 Å². The third kappa shape index (κ3) is 2.52. The number of para-hydroxylation sites is 2. The van der Waals surface area contributed by atoms with E-state index in [1.165, 1.54) is 11.0 Å². The van der Waals surface area contributed by atoms with Gasteiger partial charge in [0.05, 0.1) is 16.9 Å². The molecule has 0 saturated carbocycles. The summed E-state index contributed by atoms with van der Waals surface area (Å²) < 4.78 is 0. The molecule has 0 unspecified atom stereocenters. The molecular weight excluding hydrogens is 240 g/mol. The fraction of sp³-hybridized carbons (Fsp3) is 0.133. The summed E-state index contributed by atoms with van der Waals surface area (Å²) in [5.41, 5.74) is 8.17. The minimum Gasteiger partial charge on any atom is -0.507 e. The molecule has 2 aromatic carbocycles. The SMILES string of the molecule is Cc1ccc(O)c(C(=O)N(C)c2ccccc2N)c1. The van der Waals surface area contributed by atoms with Gasteiger partial charge in [0.15, 0.2) is 0 Å². The summed E-state index contributed by atoms with van der Waals surface area (Å²) >= 11 is 0. The molecule has 2 rings (SSSR count). The van der Waals surface area contributed by atoms with E-state index in [1.54, 1.807) is 37.4 Å². The number of carbonyl (C=O) groups is 1. The third-order valence-corrected chi connectivity index (χ3v) is 2.99. The summed E-state index contributed by atoms with van der Waals surface area (Å²) in [4.78, 5) is 13.8. The summed E-state index contributed by atoms with van der Waals surface area (Å²) in [5, 5.41) is 9.79. The van der Waals surface area contributed by atoms with Gasteiger partial charge >= 0.3 is 0 Å². The minimum atomic E-state index is -0.292. The van der Waals surface area contributed by atoms with Gasteiger partial charge in [-0.05, 0) is 31.2 Å². The van der Waals surface area contributed by atoms with Crippen LogP contribution in [0, 0.1) is 6.92 Å². The number of benzene rings is 2. The Morgan fingerprint density at radius 3 is 2.58 bits per heavy atom. The number of hydrogen-bond donors (Lipinski definition) is 2. The lowest BCUT2D eigenvalue weighted by atomic mass is 10.1. The van der Waals surface area contributed by atoms with E-state index in [2.05, 4.69) is 0 Å². The lowest BCUT2D eigenvalue weighted by Gasteiger charge is -2.19. The second-order valence-electron chi connectivity index (χ2n) is 4.44. The first-order chi connectivity index (χ1) is 9.00. The summed E-state index contributed by atoms with van der Waals surface area (Å²) in [6.07, 6.45) is 0. The van der Waals surface area contributed by atoms with Crippen LogP contribution in [-0.4, -0.2) is 18.1 Å². The highest BCUT2D eigenvalue weighted by Crippen LogP contribution is 2.26. The van der Waals surface area contributed by atoms with E-state index in [0.717, 1.165) is 5.56 Å². The lowest BCUT2D eigenvalue weighted by molar-refractivity contribution is 0.0990. The van der Waals surface area contributed by atoms with Gasteiger partial charge < -0.3 is 15.7 Å². The first-order valence-electron chi connectivity index (χ1n) is 5.93. The smallest absolute Gasteiger partial charge is 0.261 e. The van der Waals surface area contributed by atoms with Crippen molar-refractivity contribution >= 4 is 17.3 Å². The highest BCUT2D eigenvalue weighted by molar-refractivity contribution is 6.08. The van der Waals surface area contributed by atoms with Crippen LogP contribution in [0.4, 0.5) is 11.4 Å². The topological polar surface area (TPSA) is 66.6 Å². The van der Waals surface area contributed by atoms with Crippen LogP contribution in [-0.2, 0) is 0 Å². The Kier molecular flexibility index (Phi) is 3.42. The molecule has 0 aliphatic carbocycles. The molecule has 0 bridgehead atoms. The number of carbonyl (C=O) groups excluding carboxylic acids is 1. The van der Waals surface area contributed by atoms with E-state index in [9.17, 15) is 9.90 Å². The van der Waals surface area contributed by atoms with Gasteiger partial charge in [-0.2, -0.15) is 0 Å². The molecule has 4 heteroatoms. The van der Waals surface area contributed by atoms with Crippen molar-refractivity contribution in [2.45, 2.75) is 6.92 Å². The molecule has 0 aliphatic heterocycles. The maximum atomic E-state index is 12.4. The summed E-state index contributed by atoms with van der Waals surface area (Å²) in [6.45, 7) is 1.87. The average Bonchev–Trinajstić information content (AvgIpc) is 2.40. The Bertz CT molecular complexity index is 623. The number of phenolic OH excluding ortho intramolecular Hbond substituents is 1. The van der Waals surface area contributed by atoms with Gasteiger partial charge in [-0.25, -0.2) is 0 Å². The van der Waals surface area contributed by atoms with E-state index in [1.807, 2.05) is 13.0 Å². The quantitative estimate of drug-likeness (QED) is 0.811. The van der Waals surface area contributed by atoms with E-state index in [0.29, 0.717) is 11.4 Å². The zero-order valence-electron chi connectivity index (χ0n) is 10.9. The molecule has 0 heterocycles. The molecule has 0 saturated heterocycles. The van der Waals surface area contributed by atoms with Crippen LogP contribution in [0.1, 0.15) is 15.9 Å². The predicted octanol–water partition coefficient (Wildman–Crippen LogP) is 2.56. The number of phenols is 1. The van der Waals surface area contributed by atoms with Crippen molar-refractivity contribution in [3.8, 4) is 5.75 Å². The number of amides is 1. The minimum absolute atomic E-state index is 0.0306. The number of nitrogens with zero attached hydrogens (tertiary/aromatic N) is 1. The van der Waals surface area contributed by atoms with Crippen molar-refractivity contribution in [2.24, 2.45) is 0 Å². The first kappa shape index (κ1) is 13.0. The van der Waals surface area contributed by atoms with Crippen molar-refractivity contribution in [2.75, 3.05) is 17.7 Å². The van der Waals surface area contributed by atoms with Crippen molar-refractivity contribution in [3.63, 3.8) is 0 Å². The van der Waals surface area contributed by atoms with Crippen LogP contribution >= 0.6 is 0 Å². The third-order valence-electron chi connectivity index (χ3n) is 2.99. The molecule has 0 spiro atoms. The summed E-state index contributed by atoms with van der Waals surface area (Å²) in [5.74, 6) is -0.323. The van der Waals surface area contributed by atoms with Crippen LogP contribution < -0.4 is 10.6 Å². The maximum Gasteiger partial charge on any atom is 0.261 e. The number of nitrogens with two attached hydrogens (primary N) is 1. The molecule has 0 atom stereocenters. The van der Waals surface area contributed by atoms with Gasteiger partial charge in [0.2, 0.25) is 0 Å². The number of aryl methyl sites for hydroxylation is 1. The Balaban J connectivity index is 2.39. The van der Waals surface area contributed by atoms with Gasteiger partial charge in [-0.1, -0.05) is 23.8 Å². The molecule has 0 radical (unpaired) electrons. The van der Waals surface area contributed by atoms with Gasteiger partial charge in [0.25, 0.3) is 5.91 Å². The van der Waals surface area contributed by atoms with Gasteiger partial charge in [-0.3, -0.25) is 4.79 Å². The van der Waals surface area contributed by atoms with Crippen LogP contribution in [0.2, 0.25) is 0 Å². The van der Waals surface area contributed by atoms with E-state index < -0.39 is 0 Å². The summed E-state index contributed by atoms with van der Waals surface area (Å²) in [7, 11) is 1.63. The lowest BCUT2D eigenvalue weighted by Crippen LogP contribution is -2.27. The second kappa shape index (κ2) is 5.02. The molecule has 0 fully saturated rings. The number of rotatable bonds is 2. The van der Waals surface area contributed by atoms with Gasteiger partial charge in [0, 0.05) is 7.05 Å². The molecule has 0 aliphatic rings. The molecule has 98 valence electrons. The Morgan fingerprint density at radius 1 is 1.21 bits per heavy atom. The molecule has 4 nitrogen and oxygen atoms in total. The van der Waals surface area contributed by atoms with E-state index in [-0.39, 0.29) is 17.2 Å². The van der Waals surface area contributed by atoms with Crippen molar-refractivity contribution < 1.29 is 9.90 Å². The standard InChI is InChI=1S/C15H16N2O2/c1-10-7-8-14(18)11(9-10)15(19)17(2)13-6-4-3-5-12(13)16/h3-9,18H,16H2,1-2H3. The molecule has 1 amide bonds. The molecule has 19 heavy (non-hydrogen) atoms. The van der Waals surface area contributed by atoms with Crippen molar-refractivity contribution in [1.82, 2.24) is 0 Å². The van der Waals surface area contributed by atoms with Crippen LogP contribution in [0.15, 0.2) is 42.5 Å². The summed E-state index contributed by atoms with van der Waals surface area (Å²) in [6, 6.07) is 12.0. The monoisotopic (exact) mass is 256 g/mol. The largest absolute Gasteiger partial charge is 0.507 e. The highest BCUT2D eigenvalue weighted by atomic mass is 16.3. The maximum absolute atomic E-state index is 12.4. The number of hydrogen-bond acceptors (Lipinski definition) is 3. The highest BCUT2D eigenvalue weighted by Gasteiger charge is 2.18. The van der Waals surface area contributed by atoms with Crippen LogP contribution in [0.3, 0.4) is 0 Å². The first-order valence-corrected chi connectivity index (χ1v) is 5.93. The molecule has 3 N–H and O–H groups in total. The second-order valence-corrected chi connectivity index (χ2v) is 4.44. The predicted molar refractivity (Wildman–Crippen MR) is 76.4 cm³/mol. The zero-order chi connectivity index (χ0) is 14.0. The fourth-order valence-corrected chi connectivity index (χ4v) is 1.90. The van der Waals surface area contributed by atoms with Crippen LogP contribution in [0.25, 0.3) is 0 Å². The fourth-order valence-electron chi connectivity index (χ4n) is 1.90. The Hall–Kier alpha value is -2.49. The van der Waals surface area contributed by atoms with Crippen molar-refractivity contribution in [1.29, 1.82) is 0 Å². The average molecular weight is 256 g/mol. The van der Waals surface area contributed by atoms with E-state index >= 15 is 0 Å². The zero-order valence-corrected chi connectivity index (χ0v) is 10.9. The molecule has 2 aromatic rings. The Labute approximate surface area is 112 Å². The van der Waals surface area contributed by atoms with Crippen molar-refractivity contribution in [3.05, 3.63) is 53.6 Å². The van der Waals surface area contributed by atoms with Crippen LogP contribution in [0.5, 0.6) is 5.75 Å². The van der Waals surface area contributed by atoms with Gasteiger partial charge in [-0.15, -0.1) is 0 Å². The Morgan fingerprint density at radius 2 is 1.89 bits per heavy atom. The number of aromatic hydroxyl groups is 1. The normalized spacial score (nSPS) is 10.2. The number of anilines is 2. The van der Waals surface area contributed by atoms with Gasteiger partial charge in [0.1, 0.15) is 5.75 Å².